The Bertz CT molecular complexity index is 425. The molecule has 0 aliphatic heterocycles. The van der Waals surface area contributed by atoms with Gasteiger partial charge in [-0.1, -0.05) is 27.5 Å². The predicted octanol–water partition coefficient (Wildman–Crippen LogP) is 2.97. The average Bonchev–Trinajstić information content (AvgIpc) is 2.21. The second-order valence-corrected chi connectivity index (χ2v) is 4.11. The van der Waals surface area contributed by atoms with Crippen LogP contribution in [0.3, 0.4) is 0 Å². The number of anilines is 1. The Labute approximate surface area is 105 Å². The zero-order valence-electron chi connectivity index (χ0n) is 8.07. The molecule has 0 unspecified atom stereocenters. The minimum absolute atomic E-state index is 0.108. The molecule has 0 spiro atoms. The third-order valence-corrected chi connectivity index (χ3v) is 2.47. The van der Waals surface area contributed by atoms with Crippen LogP contribution in [-0.4, -0.2) is 16.2 Å². The molecule has 1 aromatic carbocycles. The molecule has 0 fully saturated rings. The number of nitro benzene ring substituents is 1. The summed E-state index contributed by atoms with van der Waals surface area (Å²) < 4.78 is 0. The highest BCUT2D eigenvalue weighted by Crippen LogP contribution is 2.26. The standard InChI is InChI=1S/C9H8BrClN2O3/c10-4-3-9(14)12-8-2-1-6(13(15)16)5-7(8)11/h1-2,5H,3-4H2,(H,12,14). The van der Waals surface area contributed by atoms with Crippen molar-refractivity contribution >= 4 is 44.8 Å². The first kappa shape index (κ1) is 12.9. The average molecular weight is 308 g/mol. The van der Waals surface area contributed by atoms with Crippen molar-refractivity contribution in [3.8, 4) is 0 Å². The normalized spacial score (nSPS) is 9.88. The number of hydrogen-bond acceptors (Lipinski definition) is 3. The van der Waals surface area contributed by atoms with E-state index in [1.807, 2.05) is 0 Å². The van der Waals surface area contributed by atoms with Gasteiger partial charge < -0.3 is 5.32 Å². The maximum absolute atomic E-state index is 11.2. The molecule has 1 N–H and O–H groups in total. The van der Waals surface area contributed by atoms with E-state index >= 15 is 0 Å². The Hall–Kier alpha value is -1.14. The number of benzene rings is 1. The van der Waals surface area contributed by atoms with Crippen molar-refractivity contribution in [3.05, 3.63) is 33.3 Å². The van der Waals surface area contributed by atoms with Crippen molar-refractivity contribution in [2.75, 3.05) is 10.6 Å². The van der Waals surface area contributed by atoms with Gasteiger partial charge in [0.1, 0.15) is 0 Å². The molecule has 0 aliphatic carbocycles. The van der Waals surface area contributed by atoms with Crippen LogP contribution < -0.4 is 5.32 Å². The third kappa shape index (κ3) is 3.46. The van der Waals surface area contributed by atoms with Crippen LogP contribution in [0.25, 0.3) is 0 Å². The molecule has 0 saturated heterocycles. The van der Waals surface area contributed by atoms with Crippen LogP contribution in [0.2, 0.25) is 5.02 Å². The molecule has 1 rings (SSSR count). The topological polar surface area (TPSA) is 72.2 Å². The van der Waals surface area contributed by atoms with Crippen LogP contribution in [0, 0.1) is 10.1 Å². The molecule has 7 heteroatoms. The number of halogens is 2. The van der Waals surface area contributed by atoms with Crippen molar-refractivity contribution in [3.63, 3.8) is 0 Å². The van der Waals surface area contributed by atoms with Crippen LogP contribution in [-0.2, 0) is 4.79 Å². The molecule has 0 aromatic heterocycles. The summed E-state index contributed by atoms with van der Waals surface area (Å²) in [6.07, 6.45) is 0.313. The van der Waals surface area contributed by atoms with Gasteiger partial charge >= 0.3 is 0 Å². The van der Waals surface area contributed by atoms with E-state index in [9.17, 15) is 14.9 Å². The molecule has 0 heterocycles. The van der Waals surface area contributed by atoms with Gasteiger partial charge in [0.2, 0.25) is 5.91 Å². The molecular formula is C9H8BrClN2O3. The fourth-order valence-electron chi connectivity index (χ4n) is 1.02. The van der Waals surface area contributed by atoms with Crippen molar-refractivity contribution in [1.29, 1.82) is 0 Å². The summed E-state index contributed by atoms with van der Waals surface area (Å²) in [6.45, 7) is 0. The molecule has 86 valence electrons. The smallest absolute Gasteiger partial charge is 0.271 e. The number of rotatable bonds is 4. The lowest BCUT2D eigenvalue weighted by molar-refractivity contribution is -0.384. The van der Waals surface area contributed by atoms with E-state index < -0.39 is 4.92 Å². The molecule has 0 radical (unpaired) electrons. The zero-order chi connectivity index (χ0) is 12.1. The summed E-state index contributed by atoms with van der Waals surface area (Å²) in [5, 5.41) is 13.7. The summed E-state index contributed by atoms with van der Waals surface area (Å²) in [6, 6.07) is 3.90. The number of nitrogens with zero attached hydrogens (tertiary/aromatic N) is 1. The Kier molecular flexibility index (Phi) is 4.70. The van der Waals surface area contributed by atoms with Crippen LogP contribution in [0.5, 0.6) is 0 Å². The first-order chi connectivity index (χ1) is 7.54. The number of carbonyl (C=O) groups excluding carboxylic acids is 1. The predicted molar refractivity (Wildman–Crippen MR) is 65.1 cm³/mol. The Morgan fingerprint density at radius 2 is 2.25 bits per heavy atom. The molecule has 0 saturated carbocycles. The highest BCUT2D eigenvalue weighted by Gasteiger charge is 2.10. The van der Waals surface area contributed by atoms with Crippen LogP contribution in [0.1, 0.15) is 6.42 Å². The number of non-ortho nitro benzene ring substituents is 1. The van der Waals surface area contributed by atoms with Gasteiger partial charge in [-0.3, -0.25) is 14.9 Å². The highest BCUT2D eigenvalue weighted by molar-refractivity contribution is 9.09. The quantitative estimate of drug-likeness (QED) is 0.528. The lowest BCUT2D eigenvalue weighted by Crippen LogP contribution is -2.11. The number of alkyl halides is 1. The van der Waals surface area contributed by atoms with Crippen LogP contribution >= 0.6 is 27.5 Å². The van der Waals surface area contributed by atoms with Crippen LogP contribution in [0.4, 0.5) is 11.4 Å². The second kappa shape index (κ2) is 5.81. The SMILES string of the molecule is O=C(CCBr)Nc1ccc([N+](=O)[O-])cc1Cl. The maximum atomic E-state index is 11.2. The molecular weight excluding hydrogens is 299 g/mol. The summed E-state index contributed by atoms with van der Waals surface area (Å²) in [4.78, 5) is 21.1. The monoisotopic (exact) mass is 306 g/mol. The van der Waals surface area contributed by atoms with E-state index in [1.54, 1.807) is 0 Å². The van der Waals surface area contributed by atoms with E-state index in [4.69, 9.17) is 11.6 Å². The minimum atomic E-state index is -0.546. The van der Waals surface area contributed by atoms with Crippen molar-refractivity contribution in [1.82, 2.24) is 0 Å². The fraction of sp³-hybridized carbons (Fsp3) is 0.222. The summed E-state index contributed by atoms with van der Waals surface area (Å²) in [5.74, 6) is -0.201. The van der Waals surface area contributed by atoms with E-state index in [-0.39, 0.29) is 16.6 Å². The molecule has 5 nitrogen and oxygen atoms in total. The fourth-order valence-corrected chi connectivity index (χ4v) is 1.60. The number of amides is 1. The summed E-state index contributed by atoms with van der Waals surface area (Å²) >= 11 is 8.92. The summed E-state index contributed by atoms with van der Waals surface area (Å²) in [5.41, 5.74) is 0.265. The highest BCUT2D eigenvalue weighted by atomic mass is 79.9. The van der Waals surface area contributed by atoms with E-state index in [1.165, 1.54) is 18.2 Å². The molecule has 1 amide bonds. The Balaban J connectivity index is 2.83. The van der Waals surface area contributed by atoms with Gasteiger partial charge in [0, 0.05) is 23.9 Å². The number of carbonyl (C=O) groups is 1. The second-order valence-electron chi connectivity index (χ2n) is 2.91. The van der Waals surface area contributed by atoms with E-state index in [2.05, 4.69) is 21.2 Å². The largest absolute Gasteiger partial charge is 0.325 e. The number of nitrogens with one attached hydrogen (secondary N) is 1. The van der Waals surface area contributed by atoms with Gasteiger partial charge in [-0.15, -0.1) is 0 Å². The molecule has 1 aromatic rings. The minimum Gasteiger partial charge on any atom is -0.325 e. The van der Waals surface area contributed by atoms with E-state index in [0.717, 1.165) is 0 Å². The summed E-state index contributed by atoms with van der Waals surface area (Å²) in [7, 11) is 0. The van der Waals surface area contributed by atoms with E-state index in [0.29, 0.717) is 17.4 Å². The Morgan fingerprint density at radius 1 is 1.56 bits per heavy atom. The van der Waals surface area contributed by atoms with Gasteiger partial charge in [0.25, 0.3) is 5.69 Å². The van der Waals surface area contributed by atoms with Gasteiger partial charge in [0.15, 0.2) is 0 Å². The number of hydrogen-bond donors (Lipinski definition) is 1. The molecule has 16 heavy (non-hydrogen) atoms. The van der Waals surface area contributed by atoms with Gasteiger partial charge in [-0.25, -0.2) is 0 Å². The zero-order valence-corrected chi connectivity index (χ0v) is 10.4. The lowest BCUT2D eigenvalue weighted by atomic mass is 10.2. The maximum Gasteiger partial charge on any atom is 0.271 e. The van der Waals surface area contributed by atoms with Gasteiger partial charge in [-0.2, -0.15) is 0 Å². The van der Waals surface area contributed by atoms with Gasteiger partial charge in [-0.05, 0) is 6.07 Å². The van der Waals surface area contributed by atoms with Crippen LogP contribution in [0.15, 0.2) is 18.2 Å². The van der Waals surface area contributed by atoms with Gasteiger partial charge in [0.05, 0.1) is 15.6 Å². The molecule has 0 atom stereocenters. The molecule has 0 bridgehead atoms. The Morgan fingerprint density at radius 3 is 2.75 bits per heavy atom. The first-order valence-corrected chi connectivity index (χ1v) is 5.84. The van der Waals surface area contributed by atoms with Crippen molar-refractivity contribution < 1.29 is 9.72 Å². The molecule has 0 aliphatic rings. The third-order valence-electron chi connectivity index (χ3n) is 1.76. The lowest BCUT2D eigenvalue weighted by Gasteiger charge is -2.05. The van der Waals surface area contributed by atoms with Crippen molar-refractivity contribution in [2.24, 2.45) is 0 Å². The van der Waals surface area contributed by atoms with Crippen molar-refractivity contribution in [2.45, 2.75) is 6.42 Å². The first-order valence-electron chi connectivity index (χ1n) is 4.34. The number of nitro groups is 1.